The van der Waals surface area contributed by atoms with Crippen LogP contribution in [0.15, 0.2) is 22.7 Å². The number of carbonyl (C=O) groups is 1. The zero-order valence-electron chi connectivity index (χ0n) is 9.17. The van der Waals surface area contributed by atoms with E-state index in [0.29, 0.717) is 12.4 Å². The van der Waals surface area contributed by atoms with Crippen molar-refractivity contribution in [2.24, 2.45) is 5.41 Å². The fourth-order valence-electron chi connectivity index (χ4n) is 1.59. The van der Waals surface area contributed by atoms with Gasteiger partial charge in [0.2, 0.25) is 0 Å². The molecule has 0 spiro atoms. The first kappa shape index (κ1) is 12.7. The topological polar surface area (TPSA) is 49.3 Å². The van der Waals surface area contributed by atoms with Gasteiger partial charge >= 0.3 is 0 Å². The maximum Gasteiger partial charge on any atom is 0.255 e. The van der Waals surface area contributed by atoms with Crippen LogP contribution in [0.25, 0.3) is 0 Å². The summed E-state index contributed by atoms with van der Waals surface area (Å²) in [5.74, 6) is 0.291. The predicted molar refractivity (Wildman–Crippen MR) is 70.5 cm³/mol. The van der Waals surface area contributed by atoms with E-state index in [1.165, 1.54) is 6.07 Å². The molecule has 0 radical (unpaired) electrons. The van der Waals surface area contributed by atoms with Crippen molar-refractivity contribution in [3.63, 3.8) is 0 Å². The molecule has 0 aliphatic heterocycles. The average molecular weight is 319 g/mol. The Morgan fingerprint density at radius 2 is 2.24 bits per heavy atom. The van der Waals surface area contributed by atoms with Crippen molar-refractivity contribution >= 4 is 33.4 Å². The van der Waals surface area contributed by atoms with Crippen LogP contribution in [0.3, 0.4) is 0 Å². The second-order valence-electron chi connectivity index (χ2n) is 4.48. The van der Waals surface area contributed by atoms with Crippen LogP contribution < -0.4 is 5.32 Å². The number of carbonyl (C=O) groups excluding carboxylic acids is 1. The minimum absolute atomic E-state index is 0.0126. The normalized spacial score (nSPS) is 16.6. The van der Waals surface area contributed by atoms with Crippen LogP contribution in [0, 0.1) is 5.41 Å². The van der Waals surface area contributed by atoms with Crippen LogP contribution in [-0.4, -0.2) is 23.4 Å². The molecule has 0 heterocycles. The standard InChI is InChI=1S/C12H13BrClNO2/c13-8-1-2-10(16)9(5-8)11(17)15-7-12(6-14)3-4-12/h1-2,5,16H,3-4,6-7H2,(H,15,17). The van der Waals surface area contributed by atoms with Gasteiger partial charge in [-0.15, -0.1) is 11.6 Å². The summed E-state index contributed by atoms with van der Waals surface area (Å²) < 4.78 is 0.763. The van der Waals surface area contributed by atoms with E-state index in [2.05, 4.69) is 21.2 Å². The second kappa shape index (κ2) is 4.86. The number of alkyl halides is 1. The Morgan fingerprint density at radius 3 is 2.82 bits per heavy atom. The first-order valence-electron chi connectivity index (χ1n) is 5.39. The third kappa shape index (κ3) is 2.93. The fourth-order valence-corrected chi connectivity index (χ4v) is 2.31. The van der Waals surface area contributed by atoms with Crippen molar-refractivity contribution in [1.82, 2.24) is 5.32 Å². The number of phenolic OH excluding ortho intramolecular Hbond substituents is 1. The number of phenols is 1. The van der Waals surface area contributed by atoms with Gasteiger partial charge in [-0.1, -0.05) is 15.9 Å². The number of benzene rings is 1. The Bertz CT molecular complexity index is 446. The van der Waals surface area contributed by atoms with E-state index >= 15 is 0 Å². The van der Waals surface area contributed by atoms with Gasteiger partial charge in [0.05, 0.1) is 5.56 Å². The minimum atomic E-state index is -0.264. The lowest BCUT2D eigenvalue weighted by Crippen LogP contribution is -2.31. The summed E-state index contributed by atoms with van der Waals surface area (Å²) in [6.45, 7) is 0.571. The number of rotatable bonds is 4. The molecule has 2 rings (SSSR count). The third-order valence-corrected chi connectivity index (χ3v) is 4.13. The number of hydrogen-bond acceptors (Lipinski definition) is 2. The van der Waals surface area contributed by atoms with E-state index in [0.717, 1.165) is 17.3 Å². The molecule has 1 aromatic rings. The molecule has 1 amide bonds. The maximum atomic E-state index is 11.9. The van der Waals surface area contributed by atoms with Crippen LogP contribution in [-0.2, 0) is 0 Å². The van der Waals surface area contributed by atoms with Crippen LogP contribution >= 0.6 is 27.5 Å². The molecular formula is C12H13BrClNO2. The monoisotopic (exact) mass is 317 g/mol. The quantitative estimate of drug-likeness (QED) is 0.839. The summed E-state index contributed by atoms with van der Waals surface area (Å²) in [6, 6.07) is 4.78. The van der Waals surface area contributed by atoms with E-state index in [4.69, 9.17) is 11.6 Å². The molecule has 0 unspecified atom stereocenters. The molecule has 17 heavy (non-hydrogen) atoms. The van der Waals surface area contributed by atoms with Crippen molar-refractivity contribution < 1.29 is 9.90 Å². The summed E-state index contributed by atoms with van der Waals surface area (Å²) >= 11 is 9.10. The molecule has 1 aliphatic carbocycles. The van der Waals surface area contributed by atoms with E-state index < -0.39 is 0 Å². The molecule has 92 valence electrons. The fraction of sp³-hybridized carbons (Fsp3) is 0.417. The molecular weight excluding hydrogens is 305 g/mol. The van der Waals surface area contributed by atoms with Gasteiger partial charge in [0.1, 0.15) is 5.75 Å². The van der Waals surface area contributed by atoms with Crippen molar-refractivity contribution in [3.8, 4) is 5.75 Å². The first-order valence-corrected chi connectivity index (χ1v) is 6.72. The van der Waals surface area contributed by atoms with Crippen LogP contribution in [0.5, 0.6) is 5.75 Å². The summed E-state index contributed by atoms with van der Waals surface area (Å²) in [6.07, 6.45) is 2.11. The van der Waals surface area contributed by atoms with Gasteiger partial charge in [-0.2, -0.15) is 0 Å². The Kier molecular flexibility index (Phi) is 3.64. The zero-order chi connectivity index (χ0) is 12.5. The van der Waals surface area contributed by atoms with Crippen LogP contribution in [0.2, 0.25) is 0 Å². The molecule has 1 aliphatic rings. The van der Waals surface area contributed by atoms with Gasteiger partial charge in [-0.3, -0.25) is 4.79 Å². The number of nitrogens with one attached hydrogen (secondary N) is 1. The van der Waals surface area contributed by atoms with Crippen LogP contribution in [0.1, 0.15) is 23.2 Å². The number of amides is 1. The lowest BCUT2D eigenvalue weighted by molar-refractivity contribution is 0.0943. The highest BCUT2D eigenvalue weighted by molar-refractivity contribution is 9.10. The Balaban J connectivity index is 2.02. The average Bonchev–Trinajstić information content (AvgIpc) is 3.10. The summed E-state index contributed by atoms with van der Waals surface area (Å²) in [7, 11) is 0. The van der Waals surface area contributed by atoms with E-state index in [9.17, 15) is 9.90 Å². The van der Waals surface area contributed by atoms with Crippen molar-refractivity contribution in [2.75, 3.05) is 12.4 Å². The molecule has 2 N–H and O–H groups in total. The molecule has 1 fully saturated rings. The Hall–Kier alpha value is -0.740. The Morgan fingerprint density at radius 1 is 1.53 bits per heavy atom. The largest absolute Gasteiger partial charge is 0.507 e. The predicted octanol–water partition coefficient (Wildman–Crippen LogP) is 2.90. The molecule has 5 heteroatoms. The van der Waals surface area contributed by atoms with Gasteiger partial charge in [0.25, 0.3) is 5.91 Å². The summed E-state index contributed by atoms with van der Waals surface area (Å²) in [4.78, 5) is 11.9. The van der Waals surface area contributed by atoms with Gasteiger partial charge in [-0.05, 0) is 31.0 Å². The van der Waals surface area contributed by atoms with Gasteiger partial charge in [-0.25, -0.2) is 0 Å². The van der Waals surface area contributed by atoms with E-state index in [-0.39, 0.29) is 22.6 Å². The number of halogens is 2. The second-order valence-corrected chi connectivity index (χ2v) is 5.66. The van der Waals surface area contributed by atoms with Crippen molar-refractivity contribution in [2.45, 2.75) is 12.8 Å². The Labute approximate surface area is 113 Å². The van der Waals surface area contributed by atoms with Crippen molar-refractivity contribution in [1.29, 1.82) is 0 Å². The number of aromatic hydroxyl groups is 1. The summed E-state index contributed by atoms with van der Waals surface area (Å²) in [5, 5.41) is 12.4. The van der Waals surface area contributed by atoms with E-state index in [1.54, 1.807) is 12.1 Å². The summed E-state index contributed by atoms with van der Waals surface area (Å²) in [5.41, 5.74) is 0.364. The molecule has 3 nitrogen and oxygen atoms in total. The molecule has 1 saturated carbocycles. The highest BCUT2D eigenvalue weighted by atomic mass is 79.9. The molecule has 1 aromatic carbocycles. The highest BCUT2D eigenvalue weighted by Crippen LogP contribution is 2.45. The molecule has 0 atom stereocenters. The molecule has 0 saturated heterocycles. The maximum absolute atomic E-state index is 11.9. The van der Waals surface area contributed by atoms with Gasteiger partial charge in [0.15, 0.2) is 0 Å². The SMILES string of the molecule is O=C(NCC1(CCl)CC1)c1cc(Br)ccc1O. The van der Waals surface area contributed by atoms with Crippen molar-refractivity contribution in [3.05, 3.63) is 28.2 Å². The van der Waals surface area contributed by atoms with Crippen LogP contribution in [0.4, 0.5) is 0 Å². The molecule has 0 aromatic heterocycles. The minimum Gasteiger partial charge on any atom is -0.507 e. The first-order chi connectivity index (χ1) is 8.06. The lowest BCUT2D eigenvalue weighted by Gasteiger charge is -2.13. The highest BCUT2D eigenvalue weighted by Gasteiger charge is 2.41. The van der Waals surface area contributed by atoms with Gasteiger partial charge in [0, 0.05) is 22.3 Å². The van der Waals surface area contributed by atoms with Gasteiger partial charge < -0.3 is 10.4 Å². The molecule has 0 bridgehead atoms. The smallest absolute Gasteiger partial charge is 0.255 e. The number of hydrogen-bond donors (Lipinski definition) is 2. The van der Waals surface area contributed by atoms with E-state index in [1.807, 2.05) is 0 Å². The lowest BCUT2D eigenvalue weighted by atomic mass is 10.1. The zero-order valence-corrected chi connectivity index (χ0v) is 11.5. The third-order valence-electron chi connectivity index (χ3n) is 3.07.